The Labute approximate surface area is 147 Å². The molecule has 0 saturated carbocycles. The van der Waals surface area contributed by atoms with Gasteiger partial charge in [-0.05, 0) is 55.7 Å². The molecule has 0 bridgehead atoms. The molecule has 0 heterocycles. The van der Waals surface area contributed by atoms with Crippen LogP contribution in [0.15, 0.2) is 48.5 Å². The van der Waals surface area contributed by atoms with E-state index in [0.29, 0.717) is 16.1 Å². The third-order valence-electron chi connectivity index (χ3n) is 3.25. The lowest BCUT2D eigenvalue weighted by Gasteiger charge is -2.21. The van der Waals surface area contributed by atoms with Crippen molar-refractivity contribution >= 4 is 23.6 Å². The first-order chi connectivity index (χ1) is 11.3. The van der Waals surface area contributed by atoms with E-state index in [1.807, 2.05) is 51.1 Å². The molecule has 24 heavy (non-hydrogen) atoms. The van der Waals surface area contributed by atoms with Crippen molar-refractivity contribution in [3.63, 3.8) is 0 Å². The molecule has 0 aromatic heterocycles. The second-order valence-electron chi connectivity index (χ2n) is 6.36. The van der Waals surface area contributed by atoms with Crippen LogP contribution in [0.4, 0.5) is 0 Å². The lowest BCUT2D eigenvalue weighted by atomic mass is 9.95. The second-order valence-corrected chi connectivity index (χ2v) is 6.80. The van der Waals surface area contributed by atoms with Crippen LogP contribution >= 0.6 is 11.6 Å². The highest BCUT2D eigenvalue weighted by atomic mass is 35.5. The van der Waals surface area contributed by atoms with E-state index in [2.05, 4.69) is 0 Å². The summed E-state index contributed by atoms with van der Waals surface area (Å²) < 4.78 is 5.50. The van der Waals surface area contributed by atoms with Gasteiger partial charge in [-0.15, -0.1) is 0 Å². The zero-order valence-corrected chi connectivity index (χ0v) is 14.8. The Kier molecular flexibility index (Phi) is 5.81. The van der Waals surface area contributed by atoms with Gasteiger partial charge in [0.1, 0.15) is 5.60 Å². The molecule has 2 aromatic rings. The number of carbonyl (C=O) groups is 1. The van der Waals surface area contributed by atoms with Gasteiger partial charge < -0.3 is 9.84 Å². The predicted octanol–water partition coefficient (Wildman–Crippen LogP) is 4.97. The Balaban J connectivity index is 2.58. The molecule has 0 aliphatic heterocycles. The third-order valence-corrected chi connectivity index (χ3v) is 3.49. The number of halogens is 1. The van der Waals surface area contributed by atoms with Gasteiger partial charge in [0.2, 0.25) is 0 Å². The molecule has 2 rings (SSSR count). The van der Waals surface area contributed by atoms with E-state index in [9.17, 15) is 4.79 Å². The van der Waals surface area contributed by atoms with Crippen molar-refractivity contribution in [1.82, 2.24) is 0 Å². The Hall–Kier alpha value is -2.10. The summed E-state index contributed by atoms with van der Waals surface area (Å²) in [5.74, 6) is -0.399. The summed E-state index contributed by atoms with van der Waals surface area (Å²) in [7, 11) is 0. The first-order valence-corrected chi connectivity index (χ1v) is 8.09. The summed E-state index contributed by atoms with van der Waals surface area (Å²) in [6.45, 7) is 5.37. The summed E-state index contributed by atoms with van der Waals surface area (Å²) in [6, 6.07) is 12.9. The molecule has 3 nitrogen and oxygen atoms in total. The van der Waals surface area contributed by atoms with Crippen molar-refractivity contribution in [2.75, 3.05) is 6.61 Å². The number of ether oxygens (including phenoxy) is 1. The topological polar surface area (TPSA) is 46.5 Å². The van der Waals surface area contributed by atoms with E-state index in [-0.39, 0.29) is 6.61 Å². The van der Waals surface area contributed by atoms with Crippen LogP contribution in [0, 0.1) is 0 Å². The van der Waals surface area contributed by atoms with Crippen molar-refractivity contribution in [2.24, 2.45) is 0 Å². The molecule has 0 spiro atoms. The summed E-state index contributed by atoms with van der Waals surface area (Å²) in [5.41, 5.74) is 2.31. The van der Waals surface area contributed by atoms with E-state index in [4.69, 9.17) is 21.4 Å². The maximum absolute atomic E-state index is 12.6. The maximum Gasteiger partial charge on any atom is 0.339 e. The SMILES string of the molecule is CC(C)(C)OC(=O)c1cccc(-c2cccc(Cl)c2)c1/C=C/CO. The Bertz CT molecular complexity index is 758. The van der Waals surface area contributed by atoms with E-state index in [1.165, 1.54) is 0 Å². The number of benzene rings is 2. The van der Waals surface area contributed by atoms with Crippen molar-refractivity contribution in [2.45, 2.75) is 26.4 Å². The van der Waals surface area contributed by atoms with Gasteiger partial charge in [-0.1, -0.05) is 48.0 Å². The van der Waals surface area contributed by atoms with Gasteiger partial charge in [-0.25, -0.2) is 4.79 Å². The second kappa shape index (κ2) is 7.65. The lowest BCUT2D eigenvalue weighted by molar-refractivity contribution is 0.00693. The molecule has 2 aromatic carbocycles. The zero-order valence-electron chi connectivity index (χ0n) is 14.0. The van der Waals surface area contributed by atoms with Crippen LogP contribution in [0.5, 0.6) is 0 Å². The highest BCUT2D eigenvalue weighted by molar-refractivity contribution is 6.30. The van der Waals surface area contributed by atoms with Crippen LogP contribution < -0.4 is 0 Å². The fourth-order valence-electron chi connectivity index (χ4n) is 2.33. The average molecular weight is 345 g/mol. The zero-order chi connectivity index (χ0) is 17.7. The number of hydrogen-bond donors (Lipinski definition) is 1. The first kappa shape index (κ1) is 18.2. The van der Waals surface area contributed by atoms with E-state index >= 15 is 0 Å². The van der Waals surface area contributed by atoms with Crippen LogP contribution in [0.2, 0.25) is 5.02 Å². The number of rotatable bonds is 4. The van der Waals surface area contributed by atoms with Gasteiger partial charge in [0.25, 0.3) is 0 Å². The van der Waals surface area contributed by atoms with Crippen molar-refractivity contribution < 1.29 is 14.6 Å². The highest BCUT2D eigenvalue weighted by Gasteiger charge is 2.21. The van der Waals surface area contributed by atoms with Crippen molar-refractivity contribution in [3.8, 4) is 11.1 Å². The molecule has 0 fully saturated rings. The minimum absolute atomic E-state index is 0.113. The molecule has 126 valence electrons. The molecule has 4 heteroatoms. The van der Waals surface area contributed by atoms with E-state index in [0.717, 1.165) is 11.1 Å². The Morgan fingerprint density at radius 1 is 1.21 bits per heavy atom. The van der Waals surface area contributed by atoms with Crippen molar-refractivity contribution in [1.29, 1.82) is 0 Å². The quantitative estimate of drug-likeness (QED) is 0.797. The predicted molar refractivity (Wildman–Crippen MR) is 98.2 cm³/mol. The average Bonchev–Trinajstić information content (AvgIpc) is 2.51. The molecule has 0 amide bonds. The molecule has 0 atom stereocenters. The van der Waals surface area contributed by atoms with E-state index < -0.39 is 11.6 Å². The summed E-state index contributed by atoms with van der Waals surface area (Å²) in [4.78, 5) is 12.6. The fourth-order valence-corrected chi connectivity index (χ4v) is 2.52. The fraction of sp³-hybridized carbons (Fsp3) is 0.250. The smallest absolute Gasteiger partial charge is 0.339 e. The molecule has 0 radical (unpaired) electrons. The normalized spacial score (nSPS) is 11.7. The molecule has 0 saturated heterocycles. The Morgan fingerprint density at radius 3 is 2.54 bits per heavy atom. The van der Waals surface area contributed by atoms with Gasteiger partial charge in [-0.2, -0.15) is 0 Å². The van der Waals surface area contributed by atoms with Gasteiger partial charge in [0.05, 0.1) is 12.2 Å². The van der Waals surface area contributed by atoms with Crippen LogP contribution in [0.1, 0.15) is 36.7 Å². The van der Waals surface area contributed by atoms with Gasteiger partial charge in [0, 0.05) is 5.02 Å². The minimum Gasteiger partial charge on any atom is -0.456 e. The first-order valence-electron chi connectivity index (χ1n) is 7.71. The third kappa shape index (κ3) is 4.70. The minimum atomic E-state index is -0.582. The lowest BCUT2D eigenvalue weighted by Crippen LogP contribution is -2.24. The summed E-state index contributed by atoms with van der Waals surface area (Å²) >= 11 is 6.09. The standard InChI is InChI=1S/C20H21ClO3/c1-20(2,3)24-19(23)18-10-5-9-16(17(18)11-6-12-22)14-7-4-8-15(21)13-14/h4-11,13,22H,12H2,1-3H3/b11-6+. The van der Waals surface area contributed by atoms with Crippen LogP contribution in [0.3, 0.4) is 0 Å². The monoisotopic (exact) mass is 344 g/mol. The largest absolute Gasteiger partial charge is 0.456 e. The van der Waals surface area contributed by atoms with Crippen LogP contribution in [-0.2, 0) is 4.74 Å². The number of esters is 1. The molecule has 0 unspecified atom stereocenters. The molecule has 1 N–H and O–H groups in total. The van der Waals surface area contributed by atoms with Crippen LogP contribution in [0.25, 0.3) is 17.2 Å². The number of carbonyl (C=O) groups excluding carboxylic acids is 1. The van der Waals surface area contributed by atoms with Gasteiger partial charge in [-0.3, -0.25) is 0 Å². The molecular formula is C20H21ClO3. The highest BCUT2D eigenvalue weighted by Crippen LogP contribution is 2.30. The van der Waals surface area contributed by atoms with Gasteiger partial charge in [0.15, 0.2) is 0 Å². The molecule has 0 aliphatic rings. The summed E-state index contributed by atoms with van der Waals surface area (Å²) in [5, 5.41) is 9.74. The molecular weight excluding hydrogens is 324 g/mol. The van der Waals surface area contributed by atoms with Crippen LogP contribution in [-0.4, -0.2) is 23.3 Å². The number of aliphatic hydroxyl groups excluding tert-OH is 1. The number of hydrogen-bond acceptors (Lipinski definition) is 3. The number of aliphatic hydroxyl groups is 1. The Morgan fingerprint density at radius 2 is 1.92 bits per heavy atom. The molecule has 0 aliphatic carbocycles. The summed E-state index contributed by atoms with van der Waals surface area (Å²) in [6.07, 6.45) is 3.33. The van der Waals surface area contributed by atoms with E-state index in [1.54, 1.807) is 24.3 Å². The maximum atomic E-state index is 12.6. The van der Waals surface area contributed by atoms with Crippen molar-refractivity contribution in [3.05, 3.63) is 64.7 Å². The van der Waals surface area contributed by atoms with Gasteiger partial charge >= 0.3 is 5.97 Å².